The van der Waals surface area contributed by atoms with E-state index in [1.54, 1.807) is 0 Å². The van der Waals surface area contributed by atoms with Crippen molar-refractivity contribution in [3.8, 4) is 0 Å². The summed E-state index contributed by atoms with van der Waals surface area (Å²) in [6, 6.07) is 8.79. The fourth-order valence-electron chi connectivity index (χ4n) is 4.59. The van der Waals surface area contributed by atoms with Crippen molar-refractivity contribution >= 4 is 21.4 Å². The normalized spacial score (nSPS) is 20.3. The summed E-state index contributed by atoms with van der Waals surface area (Å²) in [5.41, 5.74) is 2.54. The molecule has 0 amide bonds. The van der Waals surface area contributed by atoms with Gasteiger partial charge in [-0.25, -0.2) is 0 Å². The molecule has 0 aromatic carbocycles. The third-order valence-electron chi connectivity index (χ3n) is 6.73. The van der Waals surface area contributed by atoms with Gasteiger partial charge < -0.3 is 4.74 Å². The van der Waals surface area contributed by atoms with Gasteiger partial charge in [0.1, 0.15) is 0 Å². The summed E-state index contributed by atoms with van der Waals surface area (Å²) in [4.78, 5) is 12.9. The number of likely N-dealkylation sites (tertiary alicyclic amines) is 1. The Morgan fingerprint density at radius 2 is 2.10 bits per heavy atom. The topological polar surface area (TPSA) is 38.2 Å². The maximum atomic E-state index is 6.00. The molecule has 1 aliphatic rings. The molecular weight excluding hydrogens is 390 g/mol. The number of fused-ring (bicyclic) bond motifs is 1. The molecule has 160 valence electrons. The first-order valence-electron chi connectivity index (χ1n) is 11.0. The van der Waals surface area contributed by atoms with Gasteiger partial charge in [0.15, 0.2) is 0 Å². The summed E-state index contributed by atoms with van der Waals surface area (Å²) in [5, 5.41) is 1.26. The zero-order chi connectivity index (χ0) is 21.2. The highest BCUT2D eigenvalue weighted by Crippen LogP contribution is 2.42. The number of pyridine rings is 2. The highest BCUT2D eigenvalue weighted by molar-refractivity contribution is 7.19. The van der Waals surface area contributed by atoms with Gasteiger partial charge in [0.2, 0.25) is 0 Å². The predicted molar refractivity (Wildman–Crippen MR) is 125 cm³/mol. The molecule has 0 N–H and O–H groups in total. The van der Waals surface area contributed by atoms with Crippen LogP contribution in [0.2, 0.25) is 0 Å². The standard InChI is InChI=1S/C25H33N3OS/c1-5-29-18-25(10-8-22-14-20-15-26-12-9-23(20)30-22)11-13-28(17-25)24(3,4)21-7-6-19(2)27-16-21/h6-7,9,12,14-16H,5,8,10-11,13,17-18H2,1-4H3/t25-/m1/s1. The lowest BCUT2D eigenvalue weighted by Gasteiger charge is -2.38. The second-order valence-corrected chi connectivity index (χ2v) is 10.4. The van der Waals surface area contributed by atoms with Gasteiger partial charge in [-0.1, -0.05) is 6.07 Å². The third-order valence-corrected chi connectivity index (χ3v) is 7.90. The van der Waals surface area contributed by atoms with E-state index < -0.39 is 0 Å². The molecule has 1 aliphatic heterocycles. The fraction of sp³-hybridized carbons (Fsp3) is 0.520. The van der Waals surface area contributed by atoms with Crippen molar-refractivity contribution in [3.05, 3.63) is 59.0 Å². The van der Waals surface area contributed by atoms with E-state index in [4.69, 9.17) is 4.74 Å². The van der Waals surface area contributed by atoms with Crippen molar-refractivity contribution in [2.45, 2.75) is 52.5 Å². The molecule has 0 unspecified atom stereocenters. The zero-order valence-electron chi connectivity index (χ0n) is 18.6. The van der Waals surface area contributed by atoms with Gasteiger partial charge in [0.05, 0.1) is 6.61 Å². The zero-order valence-corrected chi connectivity index (χ0v) is 19.5. The van der Waals surface area contributed by atoms with E-state index in [1.165, 1.54) is 26.9 Å². The van der Waals surface area contributed by atoms with Gasteiger partial charge in [-0.05, 0) is 77.3 Å². The van der Waals surface area contributed by atoms with Crippen LogP contribution in [0.5, 0.6) is 0 Å². The summed E-state index contributed by atoms with van der Waals surface area (Å²) < 4.78 is 7.34. The monoisotopic (exact) mass is 423 g/mol. The van der Waals surface area contributed by atoms with Crippen molar-refractivity contribution in [2.24, 2.45) is 5.41 Å². The first-order valence-corrected chi connectivity index (χ1v) is 11.8. The van der Waals surface area contributed by atoms with Crippen LogP contribution < -0.4 is 0 Å². The van der Waals surface area contributed by atoms with Crippen LogP contribution in [0.25, 0.3) is 10.1 Å². The Hall–Kier alpha value is -1.82. The molecule has 1 atom stereocenters. The molecule has 4 nitrogen and oxygen atoms in total. The summed E-state index contributed by atoms with van der Waals surface area (Å²) in [7, 11) is 0. The maximum Gasteiger partial charge on any atom is 0.0535 e. The Morgan fingerprint density at radius 3 is 2.83 bits per heavy atom. The Bertz CT molecular complexity index is 948. The van der Waals surface area contributed by atoms with Crippen molar-refractivity contribution in [1.29, 1.82) is 0 Å². The molecule has 0 bridgehead atoms. The average Bonchev–Trinajstić information content (AvgIpc) is 3.36. The smallest absolute Gasteiger partial charge is 0.0535 e. The quantitative estimate of drug-likeness (QED) is 0.473. The molecule has 5 heteroatoms. The number of ether oxygens (including phenoxy) is 1. The summed E-state index contributed by atoms with van der Waals surface area (Å²) in [6.45, 7) is 12.6. The summed E-state index contributed by atoms with van der Waals surface area (Å²) >= 11 is 1.91. The molecule has 4 heterocycles. The summed E-state index contributed by atoms with van der Waals surface area (Å²) in [5.74, 6) is 0. The van der Waals surface area contributed by atoms with Crippen LogP contribution in [0, 0.1) is 12.3 Å². The predicted octanol–water partition coefficient (Wildman–Crippen LogP) is 5.60. The van der Waals surface area contributed by atoms with Crippen LogP contribution >= 0.6 is 11.3 Å². The number of aromatic nitrogens is 2. The Morgan fingerprint density at radius 1 is 1.23 bits per heavy atom. The number of aryl methyl sites for hydroxylation is 2. The SMILES string of the molecule is CCOC[C@]1(CCc2cc3cnccc3s2)CCN(C(C)(C)c2ccc(C)nc2)C1. The largest absolute Gasteiger partial charge is 0.381 e. The van der Waals surface area contributed by atoms with Crippen LogP contribution in [0.1, 0.15) is 49.7 Å². The number of rotatable bonds is 8. The minimum absolute atomic E-state index is 0.0298. The van der Waals surface area contributed by atoms with Crippen LogP contribution in [0.4, 0.5) is 0 Å². The van der Waals surface area contributed by atoms with E-state index in [-0.39, 0.29) is 11.0 Å². The molecule has 1 saturated heterocycles. The molecule has 0 saturated carbocycles. The highest BCUT2D eigenvalue weighted by atomic mass is 32.1. The van der Waals surface area contributed by atoms with E-state index in [0.717, 1.165) is 44.8 Å². The van der Waals surface area contributed by atoms with Gasteiger partial charge >= 0.3 is 0 Å². The molecule has 3 aromatic rings. The van der Waals surface area contributed by atoms with Gasteiger partial charge in [0, 0.05) is 63.4 Å². The van der Waals surface area contributed by atoms with Crippen molar-refractivity contribution in [2.75, 3.05) is 26.3 Å². The van der Waals surface area contributed by atoms with Gasteiger partial charge in [-0.15, -0.1) is 11.3 Å². The molecule has 0 radical (unpaired) electrons. The fourth-order valence-corrected chi connectivity index (χ4v) is 5.62. The van der Waals surface area contributed by atoms with E-state index >= 15 is 0 Å². The number of thiophene rings is 1. The highest BCUT2D eigenvalue weighted by Gasteiger charge is 2.43. The van der Waals surface area contributed by atoms with Crippen molar-refractivity contribution in [3.63, 3.8) is 0 Å². The second kappa shape index (κ2) is 8.74. The Kier molecular flexibility index (Phi) is 6.24. The minimum atomic E-state index is -0.0298. The van der Waals surface area contributed by atoms with Gasteiger partial charge in [0.25, 0.3) is 0 Å². The minimum Gasteiger partial charge on any atom is -0.381 e. The number of hydrogen-bond donors (Lipinski definition) is 0. The van der Waals surface area contributed by atoms with Crippen LogP contribution in [-0.4, -0.2) is 41.2 Å². The Labute approximate surface area is 184 Å². The lowest BCUT2D eigenvalue weighted by atomic mass is 9.82. The number of nitrogens with zero attached hydrogens (tertiary/aromatic N) is 3. The van der Waals surface area contributed by atoms with Crippen molar-refractivity contribution in [1.82, 2.24) is 14.9 Å². The molecule has 0 aliphatic carbocycles. The molecule has 4 rings (SSSR count). The van der Waals surface area contributed by atoms with Crippen molar-refractivity contribution < 1.29 is 4.74 Å². The van der Waals surface area contributed by atoms with E-state index in [0.29, 0.717) is 0 Å². The third kappa shape index (κ3) is 4.43. The first-order chi connectivity index (χ1) is 14.4. The van der Waals surface area contributed by atoms with Gasteiger partial charge in [-0.3, -0.25) is 14.9 Å². The lowest BCUT2D eigenvalue weighted by molar-refractivity contribution is 0.0386. The van der Waals surface area contributed by atoms with Gasteiger partial charge in [-0.2, -0.15) is 0 Å². The summed E-state index contributed by atoms with van der Waals surface area (Å²) in [6.07, 6.45) is 9.35. The Balaban J connectivity index is 1.50. The second-order valence-electron chi connectivity index (χ2n) is 9.18. The molecular formula is C25H33N3OS. The number of hydrogen-bond acceptors (Lipinski definition) is 5. The molecule has 0 spiro atoms. The van der Waals surface area contributed by atoms with Crippen LogP contribution in [0.3, 0.4) is 0 Å². The van der Waals surface area contributed by atoms with E-state index in [2.05, 4.69) is 59.9 Å². The van der Waals surface area contributed by atoms with E-state index in [9.17, 15) is 0 Å². The first kappa shape index (κ1) is 21.4. The van der Waals surface area contributed by atoms with Crippen LogP contribution in [0.15, 0.2) is 42.9 Å². The molecule has 30 heavy (non-hydrogen) atoms. The maximum absolute atomic E-state index is 6.00. The lowest BCUT2D eigenvalue weighted by Crippen LogP contribution is -2.42. The van der Waals surface area contributed by atoms with Crippen LogP contribution in [-0.2, 0) is 16.7 Å². The molecule has 1 fully saturated rings. The van der Waals surface area contributed by atoms with E-state index in [1.807, 2.05) is 36.9 Å². The molecule has 3 aromatic heterocycles. The average molecular weight is 424 g/mol.